The molecule has 1 aromatic rings. The number of rotatable bonds is 5. The van der Waals surface area contributed by atoms with Crippen LogP contribution in [-0.4, -0.2) is 12.5 Å². The first-order valence-electron chi connectivity index (χ1n) is 6.31. The molecule has 1 amide bonds. The van der Waals surface area contributed by atoms with E-state index in [1.54, 1.807) is 0 Å². The van der Waals surface area contributed by atoms with Gasteiger partial charge in [-0.25, -0.2) is 0 Å². The van der Waals surface area contributed by atoms with Gasteiger partial charge in [0.2, 0.25) is 5.91 Å². The zero-order chi connectivity index (χ0) is 12.3. The third-order valence-corrected chi connectivity index (χ3v) is 3.48. The highest BCUT2D eigenvalue weighted by molar-refractivity contribution is 5.97. The Hall–Kier alpha value is -1.35. The van der Waals surface area contributed by atoms with E-state index >= 15 is 0 Å². The molecule has 3 heteroatoms. The minimum Gasteiger partial charge on any atom is -0.329 e. The van der Waals surface area contributed by atoms with Crippen LogP contribution < -0.4 is 11.1 Å². The van der Waals surface area contributed by atoms with Gasteiger partial charge in [-0.2, -0.15) is 0 Å². The summed E-state index contributed by atoms with van der Waals surface area (Å²) < 4.78 is 0. The van der Waals surface area contributed by atoms with Crippen LogP contribution in [0.2, 0.25) is 0 Å². The maximum atomic E-state index is 11.9. The summed E-state index contributed by atoms with van der Waals surface area (Å²) in [7, 11) is 0. The molecule has 0 saturated heterocycles. The molecule has 0 heterocycles. The molecule has 92 valence electrons. The molecule has 0 atom stereocenters. The second kappa shape index (κ2) is 4.88. The van der Waals surface area contributed by atoms with Crippen LogP contribution in [0.5, 0.6) is 0 Å². The van der Waals surface area contributed by atoms with Gasteiger partial charge in [0.25, 0.3) is 0 Å². The number of anilines is 1. The molecule has 0 aliphatic heterocycles. The first-order valence-corrected chi connectivity index (χ1v) is 6.31. The van der Waals surface area contributed by atoms with E-state index < -0.39 is 0 Å². The molecule has 1 aliphatic rings. The number of carbonyl (C=O) groups is 1. The van der Waals surface area contributed by atoms with Crippen LogP contribution in [0.25, 0.3) is 0 Å². The molecule has 1 saturated carbocycles. The monoisotopic (exact) mass is 232 g/mol. The third kappa shape index (κ3) is 2.67. The van der Waals surface area contributed by atoms with Crippen molar-refractivity contribution in [1.29, 1.82) is 0 Å². The Bertz CT molecular complexity index is 393. The van der Waals surface area contributed by atoms with Crippen LogP contribution in [-0.2, 0) is 11.2 Å². The van der Waals surface area contributed by atoms with Gasteiger partial charge in [-0.05, 0) is 37.0 Å². The van der Waals surface area contributed by atoms with Crippen LogP contribution in [0.3, 0.4) is 0 Å². The van der Waals surface area contributed by atoms with Gasteiger partial charge in [-0.3, -0.25) is 4.79 Å². The van der Waals surface area contributed by atoms with Crippen molar-refractivity contribution in [2.75, 3.05) is 11.9 Å². The van der Waals surface area contributed by atoms with Gasteiger partial charge in [0, 0.05) is 12.2 Å². The van der Waals surface area contributed by atoms with E-state index in [-0.39, 0.29) is 11.3 Å². The van der Waals surface area contributed by atoms with Gasteiger partial charge in [0.05, 0.1) is 5.41 Å². The van der Waals surface area contributed by atoms with E-state index in [9.17, 15) is 4.79 Å². The Kier molecular flexibility index (Phi) is 3.48. The summed E-state index contributed by atoms with van der Waals surface area (Å²) in [4.78, 5) is 11.9. The van der Waals surface area contributed by atoms with Crippen molar-refractivity contribution >= 4 is 11.6 Å². The zero-order valence-electron chi connectivity index (χ0n) is 10.3. The summed E-state index contributed by atoms with van der Waals surface area (Å²) in [6, 6.07) is 8.08. The Morgan fingerprint density at radius 1 is 1.35 bits per heavy atom. The van der Waals surface area contributed by atoms with E-state index in [2.05, 4.69) is 24.4 Å². The van der Waals surface area contributed by atoms with E-state index in [0.29, 0.717) is 6.54 Å². The first-order chi connectivity index (χ1) is 8.20. The van der Waals surface area contributed by atoms with E-state index in [4.69, 9.17) is 5.73 Å². The van der Waals surface area contributed by atoms with E-state index in [1.165, 1.54) is 5.56 Å². The highest BCUT2D eigenvalue weighted by Gasteiger charge is 2.48. The minimum absolute atomic E-state index is 0.0724. The molecule has 1 aliphatic carbocycles. The summed E-state index contributed by atoms with van der Waals surface area (Å²) in [5, 5.41) is 2.95. The second-order valence-electron chi connectivity index (χ2n) is 4.89. The molecule has 0 bridgehead atoms. The van der Waals surface area contributed by atoms with Gasteiger partial charge in [-0.1, -0.05) is 25.5 Å². The van der Waals surface area contributed by atoms with Gasteiger partial charge < -0.3 is 11.1 Å². The normalized spacial score (nSPS) is 16.6. The molecule has 17 heavy (non-hydrogen) atoms. The van der Waals surface area contributed by atoms with Crippen LogP contribution in [0.1, 0.15) is 31.7 Å². The molecule has 0 aromatic heterocycles. The molecule has 0 unspecified atom stereocenters. The van der Waals surface area contributed by atoms with E-state index in [0.717, 1.165) is 31.4 Å². The van der Waals surface area contributed by atoms with Crippen molar-refractivity contribution in [3.05, 3.63) is 29.8 Å². The molecule has 1 aromatic carbocycles. The summed E-state index contributed by atoms with van der Waals surface area (Å²) in [5.41, 5.74) is 7.53. The maximum Gasteiger partial charge on any atom is 0.231 e. The van der Waals surface area contributed by atoms with Gasteiger partial charge in [-0.15, -0.1) is 0 Å². The lowest BCUT2D eigenvalue weighted by molar-refractivity contribution is -0.120. The van der Waals surface area contributed by atoms with Crippen molar-refractivity contribution < 1.29 is 4.79 Å². The average molecular weight is 232 g/mol. The Balaban J connectivity index is 1.97. The quantitative estimate of drug-likeness (QED) is 0.818. The zero-order valence-corrected chi connectivity index (χ0v) is 10.3. The van der Waals surface area contributed by atoms with Crippen molar-refractivity contribution in [1.82, 2.24) is 0 Å². The number of nitrogens with two attached hydrogens (primary N) is 1. The van der Waals surface area contributed by atoms with Crippen LogP contribution in [0.4, 0.5) is 5.69 Å². The molecule has 3 N–H and O–H groups in total. The predicted octanol–water partition coefficient (Wildman–Crippen LogP) is 2.32. The summed E-state index contributed by atoms with van der Waals surface area (Å²) in [6.07, 6.45) is 4.06. The fourth-order valence-electron chi connectivity index (χ4n) is 1.98. The lowest BCUT2D eigenvalue weighted by Crippen LogP contribution is -2.30. The maximum absolute atomic E-state index is 11.9. The predicted molar refractivity (Wildman–Crippen MR) is 69.8 cm³/mol. The van der Waals surface area contributed by atoms with Crippen LogP contribution in [0.15, 0.2) is 24.3 Å². The molecule has 0 spiro atoms. The first kappa shape index (κ1) is 12.1. The van der Waals surface area contributed by atoms with Gasteiger partial charge in [0.1, 0.15) is 0 Å². The molecular weight excluding hydrogens is 212 g/mol. The van der Waals surface area contributed by atoms with Crippen molar-refractivity contribution in [2.45, 2.75) is 32.6 Å². The number of hydrogen-bond acceptors (Lipinski definition) is 2. The summed E-state index contributed by atoms with van der Waals surface area (Å²) >= 11 is 0. The smallest absolute Gasteiger partial charge is 0.231 e. The number of hydrogen-bond donors (Lipinski definition) is 2. The topological polar surface area (TPSA) is 55.1 Å². The number of carbonyl (C=O) groups excluding carboxylic acids is 1. The Morgan fingerprint density at radius 3 is 2.47 bits per heavy atom. The molecule has 0 radical (unpaired) electrons. The van der Waals surface area contributed by atoms with E-state index in [1.807, 2.05) is 12.1 Å². The molecular formula is C14H20N2O. The number of aryl methyl sites for hydroxylation is 1. The summed E-state index contributed by atoms with van der Waals surface area (Å²) in [6.45, 7) is 2.61. The Labute approximate surface area is 102 Å². The molecule has 1 fully saturated rings. The second-order valence-corrected chi connectivity index (χ2v) is 4.89. The molecule has 3 nitrogen and oxygen atoms in total. The highest BCUT2D eigenvalue weighted by Crippen LogP contribution is 2.45. The molecule has 2 rings (SSSR count). The van der Waals surface area contributed by atoms with Crippen molar-refractivity contribution in [3.8, 4) is 0 Å². The number of benzene rings is 1. The number of nitrogens with one attached hydrogen (secondary N) is 1. The minimum atomic E-state index is -0.276. The largest absolute Gasteiger partial charge is 0.329 e. The van der Waals surface area contributed by atoms with Crippen LogP contribution in [0, 0.1) is 5.41 Å². The van der Waals surface area contributed by atoms with Crippen molar-refractivity contribution in [2.24, 2.45) is 11.1 Å². The summed E-state index contributed by atoms with van der Waals surface area (Å²) in [5.74, 6) is 0.0724. The average Bonchev–Trinajstić information content (AvgIpc) is 3.13. The Morgan fingerprint density at radius 2 is 2.00 bits per heavy atom. The van der Waals surface area contributed by atoms with Gasteiger partial charge in [0.15, 0.2) is 0 Å². The fourth-order valence-corrected chi connectivity index (χ4v) is 1.98. The van der Waals surface area contributed by atoms with Gasteiger partial charge >= 0.3 is 0 Å². The lowest BCUT2D eigenvalue weighted by atomic mass is 10.1. The highest BCUT2D eigenvalue weighted by atomic mass is 16.2. The number of amides is 1. The fraction of sp³-hybridized carbons (Fsp3) is 0.500. The lowest BCUT2D eigenvalue weighted by Gasteiger charge is -2.13. The SMILES string of the molecule is CCCc1ccc(NC(=O)C2(CN)CC2)cc1. The third-order valence-electron chi connectivity index (χ3n) is 3.48. The van der Waals surface area contributed by atoms with Crippen LogP contribution >= 0.6 is 0 Å². The standard InChI is InChI=1S/C14H20N2O/c1-2-3-11-4-6-12(7-5-11)16-13(17)14(10-15)8-9-14/h4-7H,2-3,8-10,15H2,1H3,(H,16,17). The van der Waals surface area contributed by atoms with Crippen molar-refractivity contribution in [3.63, 3.8) is 0 Å².